The monoisotopic (exact) mass is 445 g/mol. The molecule has 1 aromatic heterocycles. The van der Waals surface area contributed by atoms with Crippen LogP contribution < -0.4 is 0 Å². The molecule has 172 valence electrons. The molecule has 0 saturated heterocycles. The summed E-state index contributed by atoms with van der Waals surface area (Å²) < 4.78 is 0. The van der Waals surface area contributed by atoms with Crippen molar-refractivity contribution in [1.29, 1.82) is 0 Å². The van der Waals surface area contributed by atoms with E-state index in [4.69, 9.17) is 0 Å². The Morgan fingerprint density at radius 2 is 1.59 bits per heavy atom. The number of pyridine rings is 1. The Morgan fingerprint density at radius 1 is 0.824 bits per heavy atom. The zero-order valence-corrected chi connectivity index (χ0v) is 20.5. The zero-order chi connectivity index (χ0) is 24.2. The SMILES string of the molecule is C=C(/C=C/C(=C/C)c1ccccc1)CC(=C)/C=C/c1ccc(CC)c(CCc2ccccn2)c1. The second-order valence-corrected chi connectivity index (χ2v) is 8.47. The Bertz CT molecular complexity index is 1180. The van der Waals surface area contributed by atoms with Crippen molar-refractivity contribution >= 4 is 11.6 Å². The summed E-state index contributed by atoms with van der Waals surface area (Å²) in [6.07, 6.45) is 16.2. The van der Waals surface area contributed by atoms with Crippen molar-refractivity contribution in [3.05, 3.63) is 149 Å². The number of hydrogen-bond donors (Lipinski definition) is 0. The lowest BCUT2D eigenvalue weighted by Gasteiger charge is -2.09. The van der Waals surface area contributed by atoms with Gasteiger partial charge in [-0.1, -0.05) is 116 Å². The van der Waals surface area contributed by atoms with Crippen LogP contribution >= 0.6 is 0 Å². The molecule has 0 N–H and O–H groups in total. The number of aryl methyl sites for hydroxylation is 3. The molecule has 1 heterocycles. The number of benzene rings is 2. The molecule has 34 heavy (non-hydrogen) atoms. The minimum absolute atomic E-state index is 0.748. The summed E-state index contributed by atoms with van der Waals surface area (Å²) in [4.78, 5) is 4.46. The van der Waals surface area contributed by atoms with Gasteiger partial charge in [-0.05, 0) is 72.6 Å². The average Bonchev–Trinajstić information content (AvgIpc) is 2.88. The highest BCUT2D eigenvalue weighted by atomic mass is 14.7. The van der Waals surface area contributed by atoms with Crippen LogP contribution in [0.15, 0.2) is 122 Å². The van der Waals surface area contributed by atoms with E-state index in [1.807, 2.05) is 18.3 Å². The van der Waals surface area contributed by atoms with E-state index in [0.717, 1.165) is 42.5 Å². The largest absolute Gasteiger partial charge is 0.261 e. The normalized spacial score (nSPS) is 11.9. The van der Waals surface area contributed by atoms with E-state index < -0.39 is 0 Å². The van der Waals surface area contributed by atoms with Crippen molar-refractivity contribution in [3.63, 3.8) is 0 Å². The van der Waals surface area contributed by atoms with Gasteiger partial charge >= 0.3 is 0 Å². The Kier molecular flexibility index (Phi) is 9.61. The number of rotatable bonds is 11. The van der Waals surface area contributed by atoms with Crippen LogP contribution in [-0.4, -0.2) is 4.98 Å². The first-order valence-electron chi connectivity index (χ1n) is 12.0. The molecule has 0 atom stereocenters. The fraction of sp³-hybridized carbons (Fsp3) is 0.182. The van der Waals surface area contributed by atoms with E-state index >= 15 is 0 Å². The predicted octanol–water partition coefficient (Wildman–Crippen LogP) is 8.60. The standard InChI is InChI=1S/C33H35N/c1-5-29(31-12-8-7-9-13-31)19-16-27(4)24-26(3)15-17-28-18-20-30(6-2)32(25-28)21-22-33-14-10-11-23-34-33/h5,7-20,23,25H,3-4,6,21-22,24H2,1-2H3/b17-15+,19-16+,29-5-. The third-order valence-electron chi connectivity index (χ3n) is 5.87. The molecule has 1 nitrogen and oxygen atoms in total. The number of nitrogens with zero attached hydrogens (tertiary/aromatic N) is 1. The highest BCUT2D eigenvalue weighted by Crippen LogP contribution is 2.20. The Morgan fingerprint density at radius 3 is 2.29 bits per heavy atom. The van der Waals surface area contributed by atoms with Gasteiger partial charge in [-0.2, -0.15) is 0 Å². The molecule has 0 aliphatic carbocycles. The Labute approximate surface area is 205 Å². The van der Waals surface area contributed by atoms with Crippen LogP contribution in [0.1, 0.15) is 48.2 Å². The van der Waals surface area contributed by atoms with Crippen molar-refractivity contribution in [2.45, 2.75) is 39.5 Å². The molecule has 0 amide bonds. The molecule has 1 heteroatoms. The third-order valence-corrected chi connectivity index (χ3v) is 5.87. The summed E-state index contributed by atoms with van der Waals surface area (Å²) in [5.74, 6) is 0. The fourth-order valence-electron chi connectivity index (χ4n) is 3.96. The third kappa shape index (κ3) is 7.71. The summed E-state index contributed by atoms with van der Waals surface area (Å²) in [6, 6.07) is 23.3. The number of aromatic nitrogens is 1. The van der Waals surface area contributed by atoms with Gasteiger partial charge in [0.25, 0.3) is 0 Å². The van der Waals surface area contributed by atoms with E-state index in [1.165, 1.54) is 27.8 Å². The molecule has 0 bridgehead atoms. The van der Waals surface area contributed by atoms with Crippen molar-refractivity contribution in [2.24, 2.45) is 0 Å². The van der Waals surface area contributed by atoms with Crippen LogP contribution in [0.4, 0.5) is 0 Å². The van der Waals surface area contributed by atoms with Gasteiger partial charge in [0.15, 0.2) is 0 Å². The van der Waals surface area contributed by atoms with Crippen LogP contribution in [0, 0.1) is 0 Å². The molecule has 0 radical (unpaired) electrons. The van der Waals surface area contributed by atoms with E-state index in [1.54, 1.807) is 0 Å². The fourth-order valence-corrected chi connectivity index (χ4v) is 3.96. The highest BCUT2D eigenvalue weighted by molar-refractivity contribution is 5.74. The van der Waals surface area contributed by atoms with Crippen LogP contribution in [0.3, 0.4) is 0 Å². The molecule has 3 aromatic rings. The van der Waals surface area contributed by atoms with Crippen LogP contribution in [-0.2, 0) is 19.3 Å². The van der Waals surface area contributed by atoms with Gasteiger partial charge in [0.2, 0.25) is 0 Å². The maximum absolute atomic E-state index is 4.46. The number of hydrogen-bond acceptors (Lipinski definition) is 1. The van der Waals surface area contributed by atoms with Crippen LogP contribution in [0.2, 0.25) is 0 Å². The highest BCUT2D eigenvalue weighted by Gasteiger charge is 2.04. The quantitative estimate of drug-likeness (QED) is 0.269. The lowest BCUT2D eigenvalue weighted by atomic mass is 9.96. The van der Waals surface area contributed by atoms with Crippen molar-refractivity contribution < 1.29 is 0 Å². The van der Waals surface area contributed by atoms with Gasteiger partial charge in [0.05, 0.1) is 0 Å². The molecule has 0 saturated carbocycles. The van der Waals surface area contributed by atoms with Crippen LogP contribution in [0.25, 0.3) is 11.6 Å². The van der Waals surface area contributed by atoms with E-state index in [2.05, 4.69) is 117 Å². The summed E-state index contributed by atoms with van der Waals surface area (Å²) in [6.45, 7) is 12.7. The average molecular weight is 446 g/mol. The van der Waals surface area contributed by atoms with E-state index in [-0.39, 0.29) is 0 Å². The van der Waals surface area contributed by atoms with Gasteiger partial charge in [-0.25, -0.2) is 0 Å². The topological polar surface area (TPSA) is 12.9 Å². The first-order chi connectivity index (χ1) is 16.6. The predicted molar refractivity (Wildman–Crippen MR) is 149 cm³/mol. The smallest absolute Gasteiger partial charge is 0.0406 e. The minimum atomic E-state index is 0.748. The Balaban J connectivity index is 1.59. The molecule has 3 rings (SSSR count). The van der Waals surface area contributed by atoms with Crippen molar-refractivity contribution in [1.82, 2.24) is 4.98 Å². The minimum Gasteiger partial charge on any atom is -0.261 e. The summed E-state index contributed by atoms with van der Waals surface area (Å²) in [5, 5.41) is 0. The van der Waals surface area contributed by atoms with Crippen molar-refractivity contribution in [3.8, 4) is 0 Å². The molecular weight excluding hydrogens is 410 g/mol. The summed E-state index contributed by atoms with van der Waals surface area (Å²) >= 11 is 0. The maximum atomic E-state index is 4.46. The molecule has 0 aliphatic rings. The molecular formula is C33H35N. The second-order valence-electron chi connectivity index (χ2n) is 8.47. The van der Waals surface area contributed by atoms with Gasteiger partial charge in [0.1, 0.15) is 0 Å². The van der Waals surface area contributed by atoms with E-state index in [0.29, 0.717) is 0 Å². The van der Waals surface area contributed by atoms with E-state index in [9.17, 15) is 0 Å². The van der Waals surface area contributed by atoms with Gasteiger partial charge in [0, 0.05) is 11.9 Å². The van der Waals surface area contributed by atoms with Crippen molar-refractivity contribution in [2.75, 3.05) is 0 Å². The van der Waals surface area contributed by atoms with Crippen LogP contribution in [0.5, 0.6) is 0 Å². The molecule has 0 fully saturated rings. The second kappa shape index (κ2) is 13.1. The lowest BCUT2D eigenvalue weighted by Crippen LogP contribution is -1.98. The first-order valence-corrected chi connectivity index (χ1v) is 12.0. The molecule has 0 spiro atoms. The first kappa shape index (κ1) is 24.9. The molecule has 0 aliphatic heterocycles. The lowest BCUT2D eigenvalue weighted by molar-refractivity contribution is 0.894. The number of allylic oxidation sites excluding steroid dienone is 7. The van der Waals surface area contributed by atoms with Gasteiger partial charge in [-0.3, -0.25) is 4.98 Å². The Hall–Kier alpha value is -3.71. The zero-order valence-electron chi connectivity index (χ0n) is 20.5. The maximum Gasteiger partial charge on any atom is 0.0406 e. The van der Waals surface area contributed by atoms with Gasteiger partial charge < -0.3 is 0 Å². The molecule has 2 aromatic carbocycles. The summed E-state index contributed by atoms with van der Waals surface area (Å²) in [7, 11) is 0. The van der Waals surface area contributed by atoms with Gasteiger partial charge in [-0.15, -0.1) is 0 Å². The summed E-state index contributed by atoms with van der Waals surface area (Å²) in [5.41, 5.74) is 9.64. The molecule has 0 unspecified atom stereocenters.